The highest BCUT2D eigenvalue weighted by Gasteiger charge is 2.27. The summed E-state index contributed by atoms with van der Waals surface area (Å²) in [5.74, 6) is -1.39. The van der Waals surface area contributed by atoms with Gasteiger partial charge in [0.15, 0.2) is 0 Å². The van der Waals surface area contributed by atoms with Gasteiger partial charge in [0.2, 0.25) is 0 Å². The predicted molar refractivity (Wildman–Crippen MR) is 99.0 cm³/mol. The van der Waals surface area contributed by atoms with Crippen LogP contribution in [0.5, 0.6) is 0 Å². The fourth-order valence-electron chi connectivity index (χ4n) is 2.83. The molecule has 0 amide bonds. The molecule has 7 nitrogen and oxygen atoms in total. The lowest BCUT2D eigenvalue weighted by molar-refractivity contribution is -0.139. The molecule has 1 aromatic carbocycles. The molecule has 0 saturated carbocycles. The van der Waals surface area contributed by atoms with Crippen LogP contribution in [0.1, 0.15) is 5.56 Å². The molecule has 0 unspecified atom stereocenters. The highest BCUT2D eigenvalue weighted by Crippen LogP contribution is 2.29. The average Bonchev–Trinajstić information content (AvgIpc) is 2.89. The summed E-state index contributed by atoms with van der Waals surface area (Å²) in [4.78, 5) is 37.8. The lowest BCUT2D eigenvalue weighted by atomic mass is 10.1. The van der Waals surface area contributed by atoms with Crippen LogP contribution in [-0.2, 0) is 19.1 Å². The first-order chi connectivity index (χ1) is 13.0. The Morgan fingerprint density at radius 1 is 1.04 bits per heavy atom. The third-order valence-electron chi connectivity index (χ3n) is 4.10. The van der Waals surface area contributed by atoms with E-state index in [0.717, 1.165) is 10.9 Å². The van der Waals surface area contributed by atoms with Gasteiger partial charge in [0.05, 0.1) is 19.8 Å². The van der Waals surface area contributed by atoms with Crippen molar-refractivity contribution < 1.29 is 23.5 Å². The van der Waals surface area contributed by atoms with Crippen LogP contribution in [0.15, 0.2) is 69.2 Å². The van der Waals surface area contributed by atoms with Crippen LogP contribution in [0, 0.1) is 6.92 Å². The minimum Gasteiger partial charge on any atom is -0.465 e. The summed E-state index contributed by atoms with van der Waals surface area (Å²) in [7, 11) is 2.46. The second kappa shape index (κ2) is 7.33. The van der Waals surface area contributed by atoms with Crippen molar-refractivity contribution in [2.24, 2.45) is 0 Å². The molecule has 27 heavy (non-hydrogen) atoms. The Kier molecular flexibility index (Phi) is 4.94. The van der Waals surface area contributed by atoms with Gasteiger partial charge < -0.3 is 18.8 Å². The van der Waals surface area contributed by atoms with Crippen molar-refractivity contribution in [3.8, 4) is 0 Å². The van der Waals surface area contributed by atoms with E-state index in [1.807, 2.05) is 6.92 Å². The summed E-state index contributed by atoms with van der Waals surface area (Å²) in [6.45, 7) is 1.81. The number of ether oxygens (including phenoxy) is 2. The van der Waals surface area contributed by atoms with E-state index in [1.165, 1.54) is 31.3 Å². The van der Waals surface area contributed by atoms with Gasteiger partial charge in [-0.3, -0.25) is 0 Å². The number of carbonyl (C=O) groups excluding carboxylic acids is 2. The van der Waals surface area contributed by atoms with Crippen molar-refractivity contribution in [3.05, 3.63) is 75.9 Å². The van der Waals surface area contributed by atoms with E-state index in [-0.39, 0.29) is 11.3 Å². The molecule has 2 heterocycles. The zero-order valence-corrected chi connectivity index (χ0v) is 15.0. The number of allylic oxidation sites excluding steroid dienone is 2. The fourth-order valence-corrected chi connectivity index (χ4v) is 2.83. The third kappa shape index (κ3) is 3.39. The second-order valence-electron chi connectivity index (χ2n) is 5.74. The number of esters is 2. The number of fused-ring (bicyclic) bond motifs is 1. The molecule has 3 rings (SSSR count). The molecule has 0 atom stereocenters. The Morgan fingerprint density at radius 2 is 1.78 bits per heavy atom. The molecule has 138 valence electrons. The van der Waals surface area contributed by atoms with Gasteiger partial charge in [-0.15, -0.1) is 0 Å². The van der Waals surface area contributed by atoms with Gasteiger partial charge in [-0.25, -0.2) is 14.4 Å². The van der Waals surface area contributed by atoms with Gasteiger partial charge in [0.1, 0.15) is 11.3 Å². The van der Waals surface area contributed by atoms with Crippen LogP contribution >= 0.6 is 0 Å². The summed E-state index contributed by atoms with van der Waals surface area (Å²) >= 11 is 0. The zero-order chi connectivity index (χ0) is 19.6. The molecule has 0 bridgehead atoms. The van der Waals surface area contributed by atoms with Crippen LogP contribution in [0.2, 0.25) is 0 Å². The Morgan fingerprint density at radius 3 is 2.48 bits per heavy atom. The molecule has 1 aliphatic heterocycles. The van der Waals surface area contributed by atoms with Crippen molar-refractivity contribution >= 4 is 28.6 Å². The number of benzene rings is 1. The van der Waals surface area contributed by atoms with Crippen LogP contribution in [0.25, 0.3) is 11.0 Å². The lowest BCUT2D eigenvalue weighted by Crippen LogP contribution is -2.26. The largest absolute Gasteiger partial charge is 0.465 e. The summed E-state index contributed by atoms with van der Waals surface area (Å²) in [5, 5.41) is 0.770. The van der Waals surface area contributed by atoms with E-state index in [2.05, 4.69) is 0 Å². The van der Waals surface area contributed by atoms with E-state index >= 15 is 0 Å². The number of aryl methyl sites for hydroxylation is 1. The third-order valence-corrected chi connectivity index (χ3v) is 4.10. The first-order valence-electron chi connectivity index (χ1n) is 8.05. The predicted octanol–water partition coefficient (Wildman–Crippen LogP) is 2.59. The maximum absolute atomic E-state index is 12.4. The van der Waals surface area contributed by atoms with E-state index in [0.29, 0.717) is 11.3 Å². The molecule has 0 spiro atoms. The van der Waals surface area contributed by atoms with E-state index in [9.17, 15) is 14.4 Å². The molecule has 7 heteroatoms. The van der Waals surface area contributed by atoms with Crippen molar-refractivity contribution in [2.75, 3.05) is 19.1 Å². The van der Waals surface area contributed by atoms with Crippen molar-refractivity contribution in [1.82, 2.24) is 0 Å². The van der Waals surface area contributed by atoms with Gasteiger partial charge in [-0.2, -0.15) is 0 Å². The monoisotopic (exact) mass is 367 g/mol. The van der Waals surface area contributed by atoms with E-state index in [1.54, 1.807) is 36.6 Å². The number of rotatable bonds is 3. The molecule has 0 saturated heterocycles. The molecule has 0 aliphatic carbocycles. The standard InChI is InChI=1S/C20H17NO6/c1-12-10-17(22)27-16-11-13(7-8-14(12)16)21-9-5-4-6-15(19(23)25-2)18(21)20(24)26-3/h4-11H,1-3H3. The van der Waals surface area contributed by atoms with Crippen molar-refractivity contribution in [1.29, 1.82) is 0 Å². The lowest BCUT2D eigenvalue weighted by Gasteiger charge is -2.23. The zero-order valence-electron chi connectivity index (χ0n) is 15.0. The second-order valence-corrected chi connectivity index (χ2v) is 5.74. The van der Waals surface area contributed by atoms with Crippen LogP contribution in [0.3, 0.4) is 0 Å². The molecule has 0 N–H and O–H groups in total. The maximum Gasteiger partial charge on any atom is 0.355 e. The molecule has 0 radical (unpaired) electrons. The Hall–Kier alpha value is -3.61. The number of hydrogen-bond donors (Lipinski definition) is 0. The Balaban J connectivity index is 2.24. The molecule has 2 aromatic rings. The van der Waals surface area contributed by atoms with Crippen LogP contribution in [0.4, 0.5) is 5.69 Å². The number of carbonyl (C=O) groups is 2. The molecule has 0 fully saturated rings. The van der Waals surface area contributed by atoms with Gasteiger partial charge in [0, 0.05) is 29.4 Å². The number of anilines is 1. The molecular formula is C20H17NO6. The molecule has 1 aliphatic rings. The van der Waals surface area contributed by atoms with Crippen LogP contribution in [-0.4, -0.2) is 26.2 Å². The van der Waals surface area contributed by atoms with Crippen molar-refractivity contribution in [3.63, 3.8) is 0 Å². The topological polar surface area (TPSA) is 86.1 Å². The normalized spacial score (nSPS) is 13.7. The summed E-state index contributed by atoms with van der Waals surface area (Å²) in [5.41, 5.74) is 1.22. The summed E-state index contributed by atoms with van der Waals surface area (Å²) in [6.07, 6.45) is 6.35. The van der Waals surface area contributed by atoms with Gasteiger partial charge >= 0.3 is 17.6 Å². The number of methoxy groups -OCH3 is 2. The first kappa shape index (κ1) is 18.2. The molecule has 1 aromatic heterocycles. The highest BCUT2D eigenvalue weighted by atomic mass is 16.5. The van der Waals surface area contributed by atoms with Crippen molar-refractivity contribution in [2.45, 2.75) is 6.92 Å². The first-order valence-corrected chi connectivity index (χ1v) is 8.05. The minimum absolute atomic E-state index is 0.0105. The number of hydrogen-bond acceptors (Lipinski definition) is 7. The Labute approximate surface area is 154 Å². The Bertz CT molecular complexity index is 1070. The summed E-state index contributed by atoms with van der Waals surface area (Å²) in [6, 6.07) is 6.56. The summed E-state index contributed by atoms with van der Waals surface area (Å²) < 4.78 is 14.9. The highest BCUT2D eigenvalue weighted by molar-refractivity contribution is 6.05. The van der Waals surface area contributed by atoms with Crippen LogP contribution < -0.4 is 10.5 Å². The average molecular weight is 367 g/mol. The van der Waals surface area contributed by atoms with E-state index < -0.39 is 17.6 Å². The van der Waals surface area contributed by atoms with E-state index in [4.69, 9.17) is 13.9 Å². The quantitative estimate of drug-likeness (QED) is 0.609. The fraction of sp³-hybridized carbons (Fsp3) is 0.150. The molecular weight excluding hydrogens is 350 g/mol. The van der Waals surface area contributed by atoms with Gasteiger partial charge in [0.25, 0.3) is 0 Å². The smallest absolute Gasteiger partial charge is 0.355 e. The van der Waals surface area contributed by atoms with Gasteiger partial charge in [-0.1, -0.05) is 6.08 Å². The maximum atomic E-state index is 12.4. The number of nitrogens with zero attached hydrogens (tertiary/aromatic N) is 1. The SMILES string of the molecule is COC(=O)C1=C(C(=O)OC)N(c2ccc3c(C)cc(=O)oc3c2)C=CC=C1. The minimum atomic E-state index is -0.711. The van der Waals surface area contributed by atoms with Gasteiger partial charge in [-0.05, 0) is 36.8 Å².